The molecule has 3 nitrogen and oxygen atoms in total. The molecular formula is C11H26N2O. The maximum atomic E-state index is 9.30. The van der Waals surface area contributed by atoms with Crippen LogP contribution in [0.1, 0.15) is 33.1 Å². The Morgan fingerprint density at radius 2 is 2.00 bits per heavy atom. The maximum absolute atomic E-state index is 9.30. The van der Waals surface area contributed by atoms with Gasteiger partial charge in [-0.3, -0.25) is 0 Å². The van der Waals surface area contributed by atoms with E-state index in [1.165, 1.54) is 0 Å². The molecule has 0 saturated carbocycles. The van der Waals surface area contributed by atoms with Crippen LogP contribution in [0.25, 0.3) is 0 Å². The number of rotatable bonds is 8. The highest BCUT2D eigenvalue weighted by Gasteiger charge is 2.21. The van der Waals surface area contributed by atoms with Gasteiger partial charge >= 0.3 is 0 Å². The van der Waals surface area contributed by atoms with Gasteiger partial charge in [0.1, 0.15) is 0 Å². The molecule has 1 atom stereocenters. The fourth-order valence-corrected chi connectivity index (χ4v) is 1.44. The molecule has 2 N–H and O–H groups in total. The molecule has 0 rings (SSSR count). The molecule has 1 unspecified atom stereocenters. The molecule has 0 aromatic heterocycles. The van der Waals surface area contributed by atoms with E-state index in [4.69, 9.17) is 0 Å². The molecule has 3 heteroatoms. The molecule has 0 aromatic rings. The number of nitrogens with one attached hydrogen (secondary N) is 1. The van der Waals surface area contributed by atoms with Crippen molar-refractivity contribution in [2.75, 3.05) is 33.8 Å². The Morgan fingerprint density at radius 1 is 1.36 bits per heavy atom. The summed E-state index contributed by atoms with van der Waals surface area (Å²) < 4.78 is 0. The number of hydrogen-bond acceptors (Lipinski definition) is 3. The predicted molar refractivity (Wildman–Crippen MR) is 61.6 cm³/mol. The molecule has 0 aromatic carbocycles. The topological polar surface area (TPSA) is 35.5 Å². The molecule has 0 bridgehead atoms. The summed E-state index contributed by atoms with van der Waals surface area (Å²) >= 11 is 0. The summed E-state index contributed by atoms with van der Waals surface area (Å²) in [5.74, 6) is 0. The lowest BCUT2D eigenvalue weighted by atomic mass is 9.96. The SMILES string of the molecule is CCCNC(C)(CO)CCCN(C)C. The van der Waals surface area contributed by atoms with Crippen molar-refractivity contribution in [3.8, 4) is 0 Å². The average Bonchev–Trinajstić information content (AvgIpc) is 2.14. The number of hydrogen-bond donors (Lipinski definition) is 2. The van der Waals surface area contributed by atoms with Crippen LogP contribution in [0.15, 0.2) is 0 Å². The Kier molecular flexibility index (Phi) is 7.15. The first kappa shape index (κ1) is 13.9. The van der Waals surface area contributed by atoms with Crippen molar-refractivity contribution >= 4 is 0 Å². The third-order valence-corrected chi connectivity index (χ3v) is 2.48. The van der Waals surface area contributed by atoms with E-state index in [0.29, 0.717) is 0 Å². The molecule has 0 spiro atoms. The van der Waals surface area contributed by atoms with Gasteiger partial charge in [0.05, 0.1) is 6.61 Å². The molecule has 86 valence electrons. The highest BCUT2D eigenvalue weighted by atomic mass is 16.3. The first-order valence-electron chi connectivity index (χ1n) is 5.54. The van der Waals surface area contributed by atoms with E-state index in [2.05, 4.69) is 38.2 Å². The Morgan fingerprint density at radius 3 is 2.43 bits per heavy atom. The number of aliphatic hydroxyl groups is 1. The highest BCUT2D eigenvalue weighted by molar-refractivity contribution is 4.82. The van der Waals surface area contributed by atoms with Gasteiger partial charge in [-0.15, -0.1) is 0 Å². The van der Waals surface area contributed by atoms with Gasteiger partial charge in [-0.25, -0.2) is 0 Å². The van der Waals surface area contributed by atoms with Crippen LogP contribution in [-0.4, -0.2) is 49.3 Å². The van der Waals surface area contributed by atoms with Crippen molar-refractivity contribution < 1.29 is 5.11 Å². The lowest BCUT2D eigenvalue weighted by Gasteiger charge is -2.29. The number of nitrogens with zero attached hydrogens (tertiary/aromatic N) is 1. The Labute approximate surface area is 88.5 Å². The van der Waals surface area contributed by atoms with Crippen molar-refractivity contribution in [2.45, 2.75) is 38.6 Å². The number of aliphatic hydroxyl groups excluding tert-OH is 1. The summed E-state index contributed by atoms with van der Waals surface area (Å²) in [5.41, 5.74) is -0.0912. The first-order chi connectivity index (χ1) is 6.54. The van der Waals surface area contributed by atoms with E-state index in [-0.39, 0.29) is 12.1 Å². The smallest absolute Gasteiger partial charge is 0.0610 e. The second-order valence-electron chi connectivity index (χ2n) is 4.55. The van der Waals surface area contributed by atoms with Crippen molar-refractivity contribution in [2.24, 2.45) is 0 Å². The Balaban J connectivity index is 3.74. The van der Waals surface area contributed by atoms with E-state index in [0.717, 1.165) is 32.4 Å². The summed E-state index contributed by atoms with van der Waals surface area (Å²) in [6.45, 7) is 6.53. The molecule has 0 aliphatic heterocycles. The molecule has 0 radical (unpaired) electrons. The van der Waals surface area contributed by atoms with Gasteiger partial charge in [-0.2, -0.15) is 0 Å². The van der Waals surface area contributed by atoms with Crippen LogP contribution in [0.2, 0.25) is 0 Å². The molecule has 0 saturated heterocycles. The Bertz CT molecular complexity index is 139. The van der Waals surface area contributed by atoms with Crippen LogP contribution in [0.5, 0.6) is 0 Å². The van der Waals surface area contributed by atoms with Crippen LogP contribution < -0.4 is 5.32 Å². The second kappa shape index (κ2) is 7.21. The minimum absolute atomic E-state index is 0.0912. The summed E-state index contributed by atoms with van der Waals surface area (Å²) in [5, 5.41) is 12.7. The summed E-state index contributed by atoms with van der Waals surface area (Å²) in [6.07, 6.45) is 3.27. The quantitative estimate of drug-likeness (QED) is 0.618. The summed E-state index contributed by atoms with van der Waals surface area (Å²) in [4.78, 5) is 2.18. The average molecular weight is 202 g/mol. The Hall–Kier alpha value is -0.120. The van der Waals surface area contributed by atoms with Crippen LogP contribution in [0, 0.1) is 0 Å². The maximum Gasteiger partial charge on any atom is 0.0610 e. The monoisotopic (exact) mass is 202 g/mol. The van der Waals surface area contributed by atoms with E-state index < -0.39 is 0 Å². The van der Waals surface area contributed by atoms with Crippen LogP contribution in [0.4, 0.5) is 0 Å². The molecule has 0 fully saturated rings. The van der Waals surface area contributed by atoms with E-state index in [1.807, 2.05) is 0 Å². The first-order valence-corrected chi connectivity index (χ1v) is 5.54. The van der Waals surface area contributed by atoms with Gasteiger partial charge in [0.2, 0.25) is 0 Å². The van der Waals surface area contributed by atoms with Gasteiger partial charge in [-0.1, -0.05) is 6.92 Å². The molecular weight excluding hydrogens is 176 g/mol. The van der Waals surface area contributed by atoms with Crippen molar-refractivity contribution in [3.63, 3.8) is 0 Å². The van der Waals surface area contributed by atoms with Gasteiger partial charge in [-0.05, 0) is 53.4 Å². The lowest BCUT2D eigenvalue weighted by molar-refractivity contribution is 0.160. The molecule has 0 aliphatic carbocycles. The van der Waals surface area contributed by atoms with Crippen LogP contribution in [0.3, 0.4) is 0 Å². The van der Waals surface area contributed by atoms with Gasteiger partial charge in [0, 0.05) is 5.54 Å². The fraction of sp³-hybridized carbons (Fsp3) is 1.00. The highest BCUT2D eigenvalue weighted by Crippen LogP contribution is 2.11. The zero-order valence-electron chi connectivity index (χ0n) is 10.1. The normalized spacial score (nSPS) is 15.9. The van der Waals surface area contributed by atoms with Crippen molar-refractivity contribution in [3.05, 3.63) is 0 Å². The molecule has 0 amide bonds. The lowest BCUT2D eigenvalue weighted by Crippen LogP contribution is -2.46. The summed E-state index contributed by atoms with van der Waals surface area (Å²) in [6, 6.07) is 0. The largest absolute Gasteiger partial charge is 0.394 e. The fourth-order valence-electron chi connectivity index (χ4n) is 1.44. The van der Waals surface area contributed by atoms with Gasteiger partial charge in [0.25, 0.3) is 0 Å². The van der Waals surface area contributed by atoms with E-state index in [9.17, 15) is 5.11 Å². The zero-order chi connectivity index (χ0) is 11.0. The predicted octanol–water partition coefficient (Wildman–Crippen LogP) is 1.08. The summed E-state index contributed by atoms with van der Waals surface area (Å²) in [7, 11) is 4.16. The van der Waals surface area contributed by atoms with E-state index in [1.54, 1.807) is 0 Å². The molecule has 14 heavy (non-hydrogen) atoms. The zero-order valence-corrected chi connectivity index (χ0v) is 10.1. The van der Waals surface area contributed by atoms with Crippen LogP contribution >= 0.6 is 0 Å². The standard InChI is InChI=1S/C11H26N2O/c1-5-8-12-11(2,10-14)7-6-9-13(3)4/h12,14H,5-10H2,1-4H3. The van der Waals surface area contributed by atoms with E-state index >= 15 is 0 Å². The molecule has 0 heterocycles. The van der Waals surface area contributed by atoms with Crippen LogP contribution in [-0.2, 0) is 0 Å². The van der Waals surface area contributed by atoms with Gasteiger partial charge < -0.3 is 15.3 Å². The third kappa shape index (κ3) is 6.35. The van der Waals surface area contributed by atoms with Crippen molar-refractivity contribution in [1.82, 2.24) is 10.2 Å². The third-order valence-electron chi connectivity index (χ3n) is 2.48. The minimum atomic E-state index is -0.0912. The minimum Gasteiger partial charge on any atom is -0.394 e. The second-order valence-corrected chi connectivity index (χ2v) is 4.55. The van der Waals surface area contributed by atoms with Crippen molar-refractivity contribution in [1.29, 1.82) is 0 Å². The molecule has 0 aliphatic rings. The van der Waals surface area contributed by atoms with Gasteiger partial charge in [0.15, 0.2) is 0 Å².